The molecule has 0 aliphatic carbocycles. The van der Waals surface area contributed by atoms with E-state index < -0.39 is 5.97 Å². The number of hydrogen-bond donors (Lipinski definition) is 1. The molecule has 3 aromatic carbocycles. The van der Waals surface area contributed by atoms with Crippen LogP contribution in [0.2, 0.25) is 0 Å². The molecule has 0 amide bonds. The van der Waals surface area contributed by atoms with Crippen molar-refractivity contribution >= 4 is 11.7 Å². The molecule has 0 aliphatic heterocycles. The van der Waals surface area contributed by atoms with Crippen LogP contribution in [0.1, 0.15) is 36.0 Å². The fraction of sp³-hybridized carbons (Fsp3) is 0.259. The maximum absolute atomic E-state index is 12.6. The molecule has 170 valence electrons. The molecule has 3 aromatic rings. The lowest BCUT2D eigenvalue weighted by Crippen LogP contribution is -2.09. The van der Waals surface area contributed by atoms with Crippen molar-refractivity contribution in [3.05, 3.63) is 83.7 Å². The van der Waals surface area contributed by atoms with E-state index in [4.69, 9.17) is 26.5 Å². The Morgan fingerprint density at radius 2 is 1.55 bits per heavy atom. The summed E-state index contributed by atoms with van der Waals surface area (Å²) in [4.78, 5) is 16.0. The van der Waals surface area contributed by atoms with E-state index >= 15 is 0 Å². The SMILES string of the molecule is [C-]#[N+]c1ccc(-c2ccc(OC(=O)c3ccc(OCCCCCCN)c(OC)c3)cc2)cc1. The van der Waals surface area contributed by atoms with Crippen LogP contribution in [0.4, 0.5) is 5.69 Å². The zero-order valence-electron chi connectivity index (χ0n) is 18.8. The van der Waals surface area contributed by atoms with Crippen LogP contribution in [0.25, 0.3) is 16.0 Å². The molecule has 0 aromatic heterocycles. The van der Waals surface area contributed by atoms with Gasteiger partial charge in [0.15, 0.2) is 17.2 Å². The first kappa shape index (κ1) is 23.8. The van der Waals surface area contributed by atoms with Gasteiger partial charge in [-0.15, -0.1) is 0 Å². The summed E-state index contributed by atoms with van der Waals surface area (Å²) in [5.41, 5.74) is 8.43. The zero-order valence-corrected chi connectivity index (χ0v) is 18.8. The lowest BCUT2D eigenvalue weighted by Gasteiger charge is -2.12. The summed E-state index contributed by atoms with van der Waals surface area (Å²) in [6, 6.07) is 19.6. The summed E-state index contributed by atoms with van der Waals surface area (Å²) in [5, 5.41) is 0. The lowest BCUT2D eigenvalue weighted by molar-refractivity contribution is 0.0734. The predicted octanol–water partition coefficient (Wildman–Crippen LogP) is 6.03. The quantitative estimate of drug-likeness (QED) is 0.169. The minimum atomic E-state index is -0.476. The Balaban J connectivity index is 1.59. The van der Waals surface area contributed by atoms with Crippen LogP contribution in [0.5, 0.6) is 17.2 Å². The van der Waals surface area contributed by atoms with Gasteiger partial charge < -0.3 is 19.9 Å². The first-order chi connectivity index (χ1) is 16.1. The van der Waals surface area contributed by atoms with Gasteiger partial charge in [-0.2, -0.15) is 0 Å². The van der Waals surface area contributed by atoms with Crippen LogP contribution in [-0.4, -0.2) is 26.2 Å². The van der Waals surface area contributed by atoms with Gasteiger partial charge in [-0.3, -0.25) is 0 Å². The molecule has 0 aliphatic rings. The van der Waals surface area contributed by atoms with E-state index in [1.165, 1.54) is 0 Å². The molecular weight excluding hydrogens is 416 g/mol. The highest BCUT2D eigenvalue weighted by Crippen LogP contribution is 2.29. The van der Waals surface area contributed by atoms with E-state index in [-0.39, 0.29) is 0 Å². The molecular formula is C27H28N2O4. The predicted molar refractivity (Wildman–Crippen MR) is 129 cm³/mol. The summed E-state index contributed by atoms with van der Waals surface area (Å²) in [6.07, 6.45) is 4.12. The molecule has 3 rings (SSSR count). The standard InChI is InChI=1S/C27H28N2O4/c1-29-23-12-7-20(8-13-23)21-9-14-24(15-10-21)33-27(30)22-11-16-25(26(19-22)31-2)32-18-6-4-3-5-17-28/h7-16,19H,3-6,17-18,28H2,2H3. The molecule has 2 N–H and O–H groups in total. The van der Waals surface area contributed by atoms with Gasteiger partial charge in [0.05, 0.1) is 25.9 Å². The molecule has 6 nitrogen and oxygen atoms in total. The number of methoxy groups -OCH3 is 1. The van der Waals surface area contributed by atoms with Gasteiger partial charge in [-0.05, 0) is 60.8 Å². The molecule has 0 fully saturated rings. The number of hydrogen-bond acceptors (Lipinski definition) is 5. The maximum Gasteiger partial charge on any atom is 0.343 e. The van der Waals surface area contributed by atoms with E-state index in [9.17, 15) is 4.79 Å². The highest BCUT2D eigenvalue weighted by atomic mass is 16.5. The number of benzene rings is 3. The second kappa shape index (κ2) is 12.3. The average Bonchev–Trinajstić information content (AvgIpc) is 2.86. The van der Waals surface area contributed by atoms with E-state index in [0.29, 0.717) is 41.7 Å². The van der Waals surface area contributed by atoms with Gasteiger partial charge >= 0.3 is 5.97 Å². The maximum atomic E-state index is 12.6. The molecule has 0 saturated heterocycles. The Hall–Kier alpha value is -3.82. The van der Waals surface area contributed by atoms with Crippen LogP contribution in [0, 0.1) is 6.57 Å². The largest absolute Gasteiger partial charge is 0.493 e. The van der Waals surface area contributed by atoms with Crippen LogP contribution in [0.15, 0.2) is 66.7 Å². The van der Waals surface area contributed by atoms with Gasteiger partial charge in [0, 0.05) is 0 Å². The molecule has 0 bridgehead atoms. The Bertz CT molecular complexity index is 1090. The van der Waals surface area contributed by atoms with E-state index in [2.05, 4.69) is 4.85 Å². The van der Waals surface area contributed by atoms with Crippen LogP contribution < -0.4 is 19.9 Å². The number of nitrogens with two attached hydrogens (primary N) is 1. The van der Waals surface area contributed by atoms with Crippen molar-refractivity contribution in [1.29, 1.82) is 0 Å². The van der Waals surface area contributed by atoms with Crippen LogP contribution in [-0.2, 0) is 0 Å². The number of unbranched alkanes of at least 4 members (excludes halogenated alkanes) is 3. The third kappa shape index (κ3) is 6.83. The third-order valence-corrected chi connectivity index (χ3v) is 5.15. The second-order valence-corrected chi connectivity index (χ2v) is 7.49. The van der Waals surface area contributed by atoms with Crippen molar-refractivity contribution in [2.75, 3.05) is 20.3 Å². The molecule has 0 spiro atoms. The van der Waals surface area contributed by atoms with Gasteiger partial charge in [-0.1, -0.05) is 49.2 Å². The van der Waals surface area contributed by atoms with Gasteiger partial charge in [-0.25, -0.2) is 9.64 Å². The highest BCUT2D eigenvalue weighted by molar-refractivity contribution is 5.92. The zero-order chi connectivity index (χ0) is 23.5. The number of carbonyl (C=O) groups is 1. The molecule has 0 saturated carbocycles. The minimum Gasteiger partial charge on any atom is -0.493 e. The molecule has 0 heterocycles. The Morgan fingerprint density at radius 3 is 2.18 bits per heavy atom. The summed E-state index contributed by atoms with van der Waals surface area (Å²) in [7, 11) is 1.54. The summed E-state index contributed by atoms with van der Waals surface area (Å²) in [5.74, 6) is 1.06. The lowest BCUT2D eigenvalue weighted by atomic mass is 10.1. The fourth-order valence-electron chi connectivity index (χ4n) is 3.31. The van der Waals surface area contributed by atoms with Gasteiger partial charge in [0.2, 0.25) is 0 Å². The summed E-state index contributed by atoms with van der Waals surface area (Å²) < 4.78 is 16.7. The second-order valence-electron chi connectivity index (χ2n) is 7.49. The fourth-order valence-corrected chi connectivity index (χ4v) is 3.31. The summed E-state index contributed by atoms with van der Waals surface area (Å²) in [6.45, 7) is 8.33. The molecule has 0 atom stereocenters. The normalized spacial score (nSPS) is 10.3. The van der Waals surface area contributed by atoms with E-state index in [1.54, 1.807) is 49.6 Å². The topological polar surface area (TPSA) is 75.1 Å². The van der Waals surface area contributed by atoms with Crippen molar-refractivity contribution in [3.8, 4) is 28.4 Å². The number of ether oxygens (including phenoxy) is 3. The number of nitrogens with zero attached hydrogens (tertiary/aromatic N) is 1. The van der Waals surface area contributed by atoms with Crippen LogP contribution >= 0.6 is 0 Å². The Morgan fingerprint density at radius 1 is 0.879 bits per heavy atom. The van der Waals surface area contributed by atoms with Crippen LogP contribution in [0.3, 0.4) is 0 Å². The minimum absolute atomic E-state index is 0.376. The number of rotatable bonds is 11. The van der Waals surface area contributed by atoms with Gasteiger partial charge in [0.1, 0.15) is 5.75 Å². The van der Waals surface area contributed by atoms with Crippen molar-refractivity contribution < 1.29 is 19.0 Å². The molecule has 0 radical (unpaired) electrons. The van der Waals surface area contributed by atoms with Gasteiger partial charge in [0.25, 0.3) is 0 Å². The molecule has 0 unspecified atom stereocenters. The highest BCUT2D eigenvalue weighted by Gasteiger charge is 2.13. The summed E-state index contributed by atoms with van der Waals surface area (Å²) >= 11 is 0. The molecule has 33 heavy (non-hydrogen) atoms. The van der Waals surface area contributed by atoms with E-state index in [1.807, 2.05) is 24.3 Å². The first-order valence-corrected chi connectivity index (χ1v) is 11.0. The molecule has 6 heteroatoms. The first-order valence-electron chi connectivity index (χ1n) is 11.0. The smallest absolute Gasteiger partial charge is 0.343 e. The van der Waals surface area contributed by atoms with Crippen molar-refractivity contribution in [1.82, 2.24) is 0 Å². The number of esters is 1. The van der Waals surface area contributed by atoms with Crippen molar-refractivity contribution in [2.24, 2.45) is 5.73 Å². The van der Waals surface area contributed by atoms with Crippen molar-refractivity contribution in [3.63, 3.8) is 0 Å². The van der Waals surface area contributed by atoms with Crippen molar-refractivity contribution in [2.45, 2.75) is 25.7 Å². The Kier molecular flexibility index (Phi) is 8.87. The number of carbonyl (C=O) groups excluding carboxylic acids is 1. The third-order valence-electron chi connectivity index (χ3n) is 5.15. The van der Waals surface area contributed by atoms with E-state index in [0.717, 1.165) is 36.8 Å². The average molecular weight is 445 g/mol. The monoisotopic (exact) mass is 444 g/mol. The Labute approximate surface area is 194 Å².